The van der Waals surface area contributed by atoms with Crippen molar-refractivity contribution in [1.29, 1.82) is 0 Å². The summed E-state index contributed by atoms with van der Waals surface area (Å²) < 4.78 is 31.5. The Kier molecular flexibility index (Phi) is 7.35. The molecule has 0 aromatic heterocycles. The summed E-state index contributed by atoms with van der Waals surface area (Å²) in [6.45, 7) is 6.25. The van der Waals surface area contributed by atoms with Crippen molar-refractivity contribution in [3.63, 3.8) is 0 Å². The van der Waals surface area contributed by atoms with Gasteiger partial charge in [-0.1, -0.05) is 29.8 Å². The molecule has 0 fully saturated rings. The predicted molar refractivity (Wildman–Crippen MR) is 126 cm³/mol. The second-order valence-corrected chi connectivity index (χ2v) is 9.61. The van der Waals surface area contributed by atoms with Crippen LogP contribution in [0.5, 0.6) is 0 Å². The molecule has 0 spiro atoms. The monoisotopic (exact) mass is 486 g/mol. The third-order valence-corrected chi connectivity index (χ3v) is 6.46. The van der Waals surface area contributed by atoms with Crippen LogP contribution in [-0.2, 0) is 29.1 Å². The van der Waals surface area contributed by atoms with Gasteiger partial charge in [-0.25, -0.2) is 13.2 Å². The standard InChI is InChI=1S/C23H26N4O6S/c1-13-9-14(2)21(15(3)10-13)26-19(28)11-24-20(29)12-33-23(30)16(4)25-22-17-7-5-6-8-18(17)34(31,32)27-22/h5-10,16H,11-12H2,1-4H3,(H,24,29)(H,25,27)(H,26,28). The van der Waals surface area contributed by atoms with Crippen LogP contribution in [0.3, 0.4) is 0 Å². The molecule has 2 amide bonds. The molecule has 1 heterocycles. The van der Waals surface area contributed by atoms with Gasteiger partial charge in [0.2, 0.25) is 5.91 Å². The van der Waals surface area contributed by atoms with E-state index in [0.717, 1.165) is 16.7 Å². The Balaban J connectivity index is 1.49. The van der Waals surface area contributed by atoms with Crippen molar-refractivity contribution in [1.82, 2.24) is 10.0 Å². The number of fused-ring (bicyclic) bond motifs is 1. The van der Waals surface area contributed by atoms with Gasteiger partial charge in [0.05, 0.1) is 11.4 Å². The van der Waals surface area contributed by atoms with E-state index in [1.807, 2.05) is 32.9 Å². The Morgan fingerprint density at radius 3 is 2.38 bits per heavy atom. The molecule has 0 saturated carbocycles. The molecule has 1 atom stereocenters. The van der Waals surface area contributed by atoms with Gasteiger partial charge in [-0.3, -0.25) is 19.3 Å². The molecular formula is C23H26N4O6S. The van der Waals surface area contributed by atoms with Crippen molar-refractivity contribution in [3.8, 4) is 0 Å². The number of anilines is 1. The Hall–Kier alpha value is -3.73. The zero-order valence-corrected chi connectivity index (χ0v) is 20.1. The van der Waals surface area contributed by atoms with Gasteiger partial charge in [0, 0.05) is 11.3 Å². The van der Waals surface area contributed by atoms with E-state index in [0.29, 0.717) is 11.3 Å². The largest absolute Gasteiger partial charge is 0.454 e. The van der Waals surface area contributed by atoms with E-state index in [-0.39, 0.29) is 17.3 Å². The van der Waals surface area contributed by atoms with Crippen LogP contribution in [0.4, 0.5) is 5.69 Å². The fourth-order valence-electron chi connectivity index (χ4n) is 3.52. The number of nitrogens with one attached hydrogen (secondary N) is 3. The van der Waals surface area contributed by atoms with Crippen molar-refractivity contribution in [2.24, 2.45) is 4.99 Å². The molecule has 1 unspecified atom stereocenters. The highest BCUT2D eigenvalue weighted by Crippen LogP contribution is 2.23. The van der Waals surface area contributed by atoms with Gasteiger partial charge in [-0.05, 0) is 51.0 Å². The van der Waals surface area contributed by atoms with Crippen LogP contribution in [0.2, 0.25) is 0 Å². The number of hydrogen-bond donors (Lipinski definition) is 3. The van der Waals surface area contributed by atoms with Gasteiger partial charge in [0.1, 0.15) is 11.9 Å². The lowest BCUT2D eigenvalue weighted by Crippen LogP contribution is -2.36. The quantitative estimate of drug-likeness (QED) is 0.504. The van der Waals surface area contributed by atoms with Crippen molar-refractivity contribution in [2.45, 2.75) is 38.6 Å². The van der Waals surface area contributed by atoms with Gasteiger partial charge >= 0.3 is 5.97 Å². The molecule has 1 aliphatic heterocycles. The maximum Gasteiger partial charge on any atom is 0.331 e. The molecule has 2 aromatic rings. The van der Waals surface area contributed by atoms with Crippen LogP contribution in [0.1, 0.15) is 29.2 Å². The summed E-state index contributed by atoms with van der Waals surface area (Å²) in [6, 6.07) is 9.07. The number of amidine groups is 1. The number of ether oxygens (including phenoxy) is 1. The minimum atomic E-state index is -3.73. The van der Waals surface area contributed by atoms with Crippen molar-refractivity contribution in [2.75, 3.05) is 18.5 Å². The zero-order valence-electron chi connectivity index (χ0n) is 19.3. The molecular weight excluding hydrogens is 460 g/mol. The number of carbonyl (C=O) groups excluding carboxylic acids is 3. The number of hydrogen-bond acceptors (Lipinski definition) is 7. The first-order valence-electron chi connectivity index (χ1n) is 10.5. The average molecular weight is 487 g/mol. The number of rotatable bonds is 7. The highest BCUT2D eigenvalue weighted by Gasteiger charge is 2.31. The third-order valence-electron chi connectivity index (χ3n) is 5.06. The van der Waals surface area contributed by atoms with Crippen molar-refractivity contribution >= 4 is 39.3 Å². The molecule has 3 rings (SSSR count). The lowest BCUT2D eigenvalue weighted by Gasteiger charge is -2.13. The van der Waals surface area contributed by atoms with E-state index in [1.54, 1.807) is 18.2 Å². The van der Waals surface area contributed by atoms with E-state index in [1.165, 1.54) is 13.0 Å². The number of sulfonamides is 1. The number of nitrogens with zero attached hydrogens (tertiary/aromatic N) is 1. The average Bonchev–Trinajstić information content (AvgIpc) is 3.03. The molecule has 10 nitrogen and oxygen atoms in total. The van der Waals surface area contributed by atoms with Gasteiger partial charge in [-0.15, -0.1) is 0 Å². The lowest BCUT2D eigenvalue weighted by atomic mass is 10.1. The normalized spacial score (nSPS) is 15.7. The molecule has 0 bridgehead atoms. The molecule has 0 radical (unpaired) electrons. The van der Waals surface area contributed by atoms with E-state index in [9.17, 15) is 22.8 Å². The van der Waals surface area contributed by atoms with E-state index >= 15 is 0 Å². The minimum Gasteiger partial charge on any atom is -0.454 e. The molecule has 0 saturated heterocycles. The number of benzene rings is 2. The number of esters is 1. The highest BCUT2D eigenvalue weighted by molar-refractivity contribution is 7.90. The van der Waals surface area contributed by atoms with Crippen LogP contribution in [0, 0.1) is 20.8 Å². The van der Waals surface area contributed by atoms with Gasteiger partial charge in [-0.2, -0.15) is 0 Å². The molecule has 3 N–H and O–H groups in total. The minimum absolute atomic E-state index is 0.0304. The van der Waals surface area contributed by atoms with E-state index in [2.05, 4.69) is 20.3 Å². The van der Waals surface area contributed by atoms with Crippen LogP contribution >= 0.6 is 0 Å². The molecule has 1 aliphatic rings. The highest BCUT2D eigenvalue weighted by atomic mass is 32.2. The Morgan fingerprint density at radius 1 is 1.06 bits per heavy atom. The maximum atomic E-state index is 12.2. The van der Waals surface area contributed by atoms with Crippen molar-refractivity contribution in [3.05, 3.63) is 58.7 Å². The summed E-state index contributed by atoms with van der Waals surface area (Å²) in [5, 5.41) is 5.15. The lowest BCUT2D eigenvalue weighted by molar-refractivity contribution is -0.149. The molecule has 11 heteroatoms. The van der Waals surface area contributed by atoms with Crippen molar-refractivity contribution < 1.29 is 27.5 Å². The van der Waals surface area contributed by atoms with Gasteiger partial charge < -0.3 is 15.4 Å². The van der Waals surface area contributed by atoms with Crippen LogP contribution in [0.15, 0.2) is 46.3 Å². The fourth-order valence-corrected chi connectivity index (χ4v) is 4.76. The summed E-state index contributed by atoms with van der Waals surface area (Å²) in [5.74, 6) is -1.86. The van der Waals surface area contributed by atoms with Gasteiger partial charge in [0.25, 0.3) is 15.9 Å². The second kappa shape index (κ2) is 10.0. The van der Waals surface area contributed by atoms with E-state index in [4.69, 9.17) is 4.74 Å². The Morgan fingerprint density at radius 2 is 1.71 bits per heavy atom. The number of amides is 2. The first kappa shape index (κ1) is 24.9. The first-order chi connectivity index (χ1) is 16.0. The molecule has 34 heavy (non-hydrogen) atoms. The fraction of sp³-hybridized carbons (Fsp3) is 0.304. The predicted octanol–water partition coefficient (Wildman–Crippen LogP) is 1.34. The topological polar surface area (TPSA) is 143 Å². The summed E-state index contributed by atoms with van der Waals surface area (Å²) >= 11 is 0. The smallest absolute Gasteiger partial charge is 0.331 e. The molecule has 180 valence electrons. The molecule has 2 aromatic carbocycles. The number of carbonyl (C=O) groups is 3. The van der Waals surface area contributed by atoms with Crippen LogP contribution < -0.4 is 15.4 Å². The second-order valence-electron chi connectivity index (χ2n) is 7.96. The van der Waals surface area contributed by atoms with Gasteiger partial charge in [0.15, 0.2) is 6.61 Å². The first-order valence-corrected chi connectivity index (χ1v) is 12.0. The summed E-state index contributed by atoms with van der Waals surface area (Å²) in [5.41, 5.74) is 3.94. The summed E-state index contributed by atoms with van der Waals surface area (Å²) in [4.78, 5) is 40.6. The zero-order chi connectivity index (χ0) is 25.0. The maximum absolute atomic E-state index is 12.2. The van der Waals surface area contributed by atoms with Crippen LogP contribution in [0.25, 0.3) is 0 Å². The van der Waals surface area contributed by atoms with Crippen LogP contribution in [-0.4, -0.2) is 51.2 Å². The number of aryl methyl sites for hydroxylation is 3. The van der Waals surface area contributed by atoms with E-state index < -0.39 is 40.5 Å². The number of aliphatic imine (C=N–C) groups is 1. The summed E-state index contributed by atoms with van der Waals surface area (Å²) in [7, 11) is -3.73. The Labute approximate surface area is 197 Å². The SMILES string of the molecule is Cc1cc(C)c(NC(=O)CNC(=O)COC(=O)C(C)N=C2NS(=O)(=O)c3ccccc32)c(C)c1. The Bertz CT molecular complexity index is 1260. The summed E-state index contributed by atoms with van der Waals surface area (Å²) in [6.07, 6.45) is 0. The molecule has 0 aliphatic carbocycles. The third kappa shape index (κ3) is 5.79.